The zero-order chi connectivity index (χ0) is 15.9. The Kier molecular flexibility index (Phi) is 5.28. The zero-order valence-electron chi connectivity index (χ0n) is 13.6. The van der Waals surface area contributed by atoms with Crippen molar-refractivity contribution < 1.29 is 4.74 Å². The van der Waals surface area contributed by atoms with Crippen LogP contribution in [0.25, 0.3) is 6.08 Å². The van der Waals surface area contributed by atoms with E-state index in [-0.39, 0.29) is 0 Å². The van der Waals surface area contributed by atoms with Gasteiger partial charge in [-0.05, 0) is 35.3 Å². The topological polar surface area (TPSA) is 12.5 Å². The Morgan fingerprint density at radius 3 is 2.43 bits per heavy atom. The molecule has 0 amide bonds. The summed E-state index contributed by atoms with van der Waals surface area (Å²) in [5.41, 5.74) is 4.02. The minimum absolute atomic E-state index is 0.917. The van der Waals surface area contributed by atoms with Crippen LogP contribution in [0.15, 0.2) is 72.3 Å². The van der Waals surface area contributed by atoms with Crippen LogP contribution < -0.4 is 4.74 Å². The van der Waals surface area contributed by atoms with Crippen LogP contribution in [0.1, 0.15) is 17.5 Å². The number of ether oxygens (including phenoxy) is 1. The van der Waals surface area contributed by atoms with Gasteiger partial charge in [-0.25, -0.2) is 0 Å². The number of hydrogen-bond donors (Lipinski definition) is 0. The minimum atomic E-state index is 0.917. The summed E-state index contributed by atoms with van der Waals surface area (Å²) in [5, 5.41) is 0. The Morgan fingerprint density at radius 1 is 1.00 bits per heavy atom. The van der Waals surface area contributed by atoms with Gasteiger partial charge >= 0.3 is 0 Å². The van der Waals surface area contributed by atoms with Crippen LogP contribution in [0.3, 0.4) is 0 Å². The largest absolute Gasteiger partial charge is 0.497 e. The van der Waals surface area contributed by atoms with Crippen LogP contribution in [0, 0.1) is 0 Å². The van der Waals surface area contributed by atoms with Gasteiger partial charge in [-0.15, -0.1) is 0 Å². The molecule has 0 radical (unpaired) electrons. The zero-order valence-corrected chi connectivity index (χ0v) is 13.6. The maximum Gasteiger partial charge on any atom is 0.118 e. The molecule has 1 aliphatic rings. The van der Waals surface area contributed by atoms with Gasteiger partial charge in [0, 0.05) is 19.6 Å². The van der Waals surface area contributed by atoms with E-state index in [9.17, 15) is 0 Å². The average Bonchev–Trinajstić information content (AvgIpc) is 2.63. The molecule has 0 atom stereocenters. The molecule has 3 rings (SSSR count). The molecule has 23 heavy (non-hydrogen) atoms. The molecule has 1 aliphatic heterocycles. The lowest BCUT2D eigenvalue weighted by atomic mass is 10.1. The second-order valence-corrected chi connectivity index (χ2v) is 5.86. The Bertz CT molecular complexity index is 671. The molecule has 0 saturated heterocycles. The average molecular weight is 305 g/mol. The van der Waals surface area contributed by atoms with Gasteiger partial charge in [0.05, 0.1) is 7.11 Å². The predicted molar refractivity (Wildman–Crippen MR) is 96.4 cm³/mol. The van der Waals surface area contributed by atoms with Crippen molar-refractivity contribution in [2.75, 3.05) is 20.2 Å². The first kappa shape index (κ1) is 15.6. The van der Waals surface area contributed by atoms with Crippen LogP contribution in [-0.4, -0.2) is 25.1 Å². The molecule has 0 aliphatic carbocycles. The summed E-state index contributed by atoms with van der Waals surface area (Å²) in [6, 6.07) is 18.8. The summed E-state index contributed by atoms with van der Waals surface area (Å²) in [6.45, 7) is 3.12. The standard InChI is InChI=1S/C21H23NO/c1-23-21-11-9-20(10-12-21)17-22-15-13-19(14-16-22)8-7-18-5-3-2-4-6-18/h2-13H,14-17H2,1H3. The maximum absolute atomic E-state index is 5.21. The second kappa shape index (κ2) is 7.80. The molecule has 2 aromatic rings. The van der Waals surface area contributed by atoms with Crippen molar-refractivity contribution >= 4 is 6.08 Å². The van der Waals surface area contributed by atoms with Gasteiger partial charge in [0.2, 0.25) is 0 Å². The third-order valence-electron chi connectivity index (χ3n) is 4.18. The molecule has 0 saturated carbocycles. The van der Waals surface area contributed by atoms with Gasteiger partial charge in [0.15, 0.2) is 0 Å². The van der Waals surface area contributed by atoms with Gasteiger partial charge in [0.1, 0.15) is 5.75 Å². The monoisotopic (exact) mass is 305 g/mol. The van der Waals surface area contributed by atoms with Crippen molar-refractivity contribution in [3.63, 3.8) is 0 Å². The third kappa shape index (κ3) is 4.57. The maximum atomic E-state index is 5.21. The Balaban J connectivity index is 1.54. The molecule has 0 unspecified atom stereocenters. The number of rotatable bonds is 5. The van der Waals surface area contributed by atoms with E-state index < -0.39 is 0 Å². The van der Waals surface area contributed by atoms with E-state index in [2.05, 4.69) is 59.5 Å². The van der Waals surface area contributed by atoms with Gasteiger partial charge in [0.25, 0.3) is 0 Å². The molecule has 1 heterocycles. The lowest BCUT2D eigenvalue weighted by Crippen LogP contribution is -2.27. The first-order valence-corrected chi connectivity index (χ1v) is 8.11. The van der Waals surface area contributed by atoms with E-state index in [1.807, 2.05) is 18.2 Å². The number of allylic oxidation sites excluding steroid dienone is 1. The molecule has 2 aromatic carbocycles. The third-order valence-corrected chi connectivity index (χ3v) is 4.18. The summed E-state index contributed by atoms with van der Waals surface area (Å²) in [4.78, 5) is 2.47. The molecular formula is C21H23NO. The highest BCUT2D eigenvalue weighted by Gasteiger charge is 2.10. The minimum Gasteiger partial charge on any atom is -0.497 e. The van der Waals surface area contributed by atoms with E-state index in [1.165, 1.54) is 16.7 Å². The normalized spacial score (nSPS) is 15.6. The molecule has 118 valence electrons. The molecule has 2 heteroatoms. The molecule has 0 N–H and O–H groups in total. The van der Waals surface area contributed by atoms with E-state index in [0.717, 1.165) is 31.8 Å². The van der Waals surface area contributed by atoms with E-state index in [4.69, 9.17) is 4.74 Å². The number of hydrogen-bond acceptors (Lipinski definition) is 2. The summed E-state index contributed by atoms with van der Waals surface area (Å²) in [7, 11) is 1.70. The molecular weight excluding hydrogens is 282 g/mol. The van der Waals surface area contributed by atoms with Gasteiger partial charge in [-0.2, -0.15) is 0 Å². The van der Waals surface area contributed by atoms with Crippen molar-refractivity contribution in [1.29, 1.82) is 0 Å². The van der Waals surface area contributed by atoms with E-state index in [0.29, 0.717) is 0 Å². The lowest BCUT2D eigenvalue weighted by molar-refractivity contribution is 0.287. The van der Waals surface area contributed by atoms with Crippen LogP contribution in [0.5, 0.6) is 5.75 Å². The molecule has 0 spiro atoms. The first-order chi connectivity index (χ1) is 11.3. The lowest BCUT2D eigenvalue weighted by Gasteiger charge is -2.25. The molecule has 0 bridgehead atoms. The van der Waals surface area contributed by atoms with Crippen molar-refractivity contribution in [3.05, 3.63) is 83.4 Å². The quantitative estimate of drug-likeness (QED) is 0.804. The second-order valence-electron chi connectivity index (χ2n) is 5.86. The fraction of sp³-hybridized carbons (Fsp3) is 0.238. The number of benzene rings is 2. The van der Waals surface area contributed by atoms with Gasteiger partial charge in [-0.1, -0.05) is 60.7 Å². The Morgan fingerprint density at radius 2 is 1.78 bits per heavy atom. The van der Waals surface area contributed by atoms with E-state index in [1.54, 1.807) is 7.11 Å². The summed E-state index contributed by atoms with van der Waals surface area (Å²) >= 11 is 0. The highest BCUT2D eigenvalue weighted by molar-refractivity contribution is 5.52. The van der Waals surface area contributed by atoms with Crippen LogP contribution in [-0.2, 0) is 6.54 Å². The molecule has 2 nitrogen and oxygen atoms in total. The SMILES string of the molecule is COc1ccc(CN2CC=C(C=Cc3ccccc3)CC2)cc1. The number of nitrogens with zero attached hydrogens (tertiary/aromatic N) is 1. The van der Waals surface area contributed by atoms with Crippen molar-refractivity contribution in [1.82, 2.24) is 4.90 Å². The summed E-state index contributed by atoms with van der Waals surface area (Å²) in [6.07, 6.45) is 7.90. The first-order valence-electron chi connectivity index (χ1n) is 8.11. The van der Waals surface area contributed by atoms with Gasteiger partial charge in [-0.3, -0.25) is 4.90 Å². The highest BCUT2D eigenvalue weighted by atomic mass is 16.5. The fourth-order valence-electron chi connectivity index (χ4n) is 2.78. The summed E-state index contributed by atoms with van der Waals surface area (Å²) in [5.74, 6) is 0.917. The van der Waals surface area contributed by atoms with Crippen LogP contribution >= 0.6 is 0 Å². The predicted octanol–water partition coefficient (Wildman–Crippen LogP) is 4.54. The Hall–Kier alpha value is -2.32. The number of methoxy groups -OCH3 is 1. The van der Waals surface area contributed by atoms with Gasteiger partial charge < -0.3 is 4.74 Å². The molecule has 0 fully saturated rings. The smallest absolute Gasteiger partial charge is 0.118 e. The molecule has 0 aromatic heterocycles. The highest BCUT2D eigenvalue weighted by Crippen LogP contribution is 2.17. The van der Waals surface area contributed by atoms with Crippen LogP contribution in [0.2, 0.25) is 0 Å². The summed E-state index contributed by atoms with van der Waals surface area (Å²) < 4.78 is 5.21. The Labute approximate surface area is 138 Å². The van der Waals surface area contributed by atoms with E-state index >= 15 is 0 Å². The van der Waals surface area contributed by atoms with Crippen molar-refractivity contribution in [2.45, 2.75) is 13.0 Å². The van der Waals surface area contributed by atoms with Crippen molar-refractivity contribution in [2.24, 2.45) is 0 Å². The fourth-order valence-corrected chi connectivity index (χ4v) is 2.78. The van der Waals surface area contributed by atoms with Crippen LogP contribution in [0.4, 0.5) is 0 Å². The van der Waals surface area contributed by atoms with Crippen molar-refractivity contribution in [3.8, 4) is 5.75 Å².